The minimum atomic E-state index is -1.43. The number of anilines is 1. The van der Waals surface area contributed by atoms with Crippen molar-refractivity contribution >= 4 is 46.0 Å². The van der Waals surface area contributed by atoms with Crippen molar-refractivity contribution in [3.8, 4) is 5.75 Å². The van der Waals surface area contributed by atoms with E-state index in [1.807, 2.05) is 12.1 Å². The molecule has 0 saturated carbocycles. The number of nitrogens with zero attached hydrogens (tertiary/aromatic N) is 1. The van der Waals surface area contributed by atoms with E-state index < -0.39 is 15.4 Å². The Bertz CT molecular complexity index is 696. The molecule has 0 spiro atoms. The number of hydrogen-bond acceptors (Lipinski definition) is 2. The normalized spacial score (nSPS) is 14.2. The van der Waals surface area contributed by atoms with Crippen LogP contribution in [0.25, 0.3) is 6.20 Å². The van der Waals surface area contributed by atoms with E-state index >= 15 is 0 Å². The van der Waals surface area contributed by atoms with Gasteiger partial charge < -0.3 is 0 Å². The van der Waals surface area contributed by atoms with Crippen molar-refractivity contribution < 1.29 is 4.74 Å². The second-order valence-corrected chi connectivity index (χ2v) is 13.3. The fourth-order valence-electron chi connectivity index (χ4n) is 1.92. The first-order valence-corrected chi connectivity index (χ1v) is 14.6. The van der Waals surface area contributed by atoms with E-state index in [9.17, 15) is 0 Å². The van der Waals surface area contributed by atoms with Gasteiger partial charge in [-0.05, 0) is 0 Å². The number of hydrogen-bond donors (Lipinski definition) is 0. The van der Waals surface area contributed by atoms with Crippen molar-refractivity contribution in [3.63, 3.8) is 0 Å². The number of benzene rings is 2. The number of rotatable bonds is 2. The van der Waals surface area contributed by atoms with Crippen LogP contribution in [-0.2, 0) is 0 Å². The molecule has 92 valence electrons. The van der Waals surface area contributed by atoms with Crippen LogP contribution >= 0.6 is 18.7 Å². The van der Waals surface area contributed by atoms with E-state index in [0.717, 1.165) is 5.75 Å². The van der Waals surface area contributed by atoms with Gasteiger partial charge in [-0.1, -0.05) is 0 Å². The molecule has 1 aliphatic heterocycles. The summed E-state index contributed by atoms with van der Waals surface area (Å²) in [5.74, 6) is 0.908. The van der Waals surface area contributed by atoms with Crippen molar-refractivity contribution in [3.05, 3.63) is 56.9 Å². The fraction of sp³-hybridized carbons (Fsp3) is 0.0714. The molecule has 0 bridgehead atoms. The quantitative estimate of drug-likeness (QED) is 0.501. The van der Waals surface area contributed by atoms with Crippen LogP contribution < -0.4 is 13.1 Å². The van der Waals surface area contributed by atoms with Gasteiger partial charge >= 0.3 is 124 Å². The van der Waals surface area contributed by atoms with Gasteiger partial charge in [-0.25, -0.2) is 0 Å². The standard InChI is InChI=1S/C14H12INOTe/c1-17-13-8-6-12(7-9-13)16-10-11-4-2-3-5-14(11)18(16)15/h2-10H,1H3. The second-order valence-electron chi connectivity index (χ2n) is 3.93. The number of fused-ring (bicyclic) bond motifs is 1. The first-order valence-electron chi connectivity index (χ1n) is 5.57. The molecule has 2 aromatic rings. The predicted octanol–water partition coefficient (Wildman–Crippen LogP) is 2.71. The summed E-state index contributed by atoms with van der Waals surface area (Å²) < 4.78 is 9.20. The van der Waals surface area contributed by atoms with Gasteiger partial charge in [0.2, 0.25) is 0 Å². The van der Waals surface area contributed by atoms with E-state index in [0.29, 0.717) is 0 Å². The molecule has 1 aliphatic rings. The molecule has 0 unspecified atom stereocenters. The van der Waals surface area contributed by atoms with Crippen molar-refractivity contribution in [2.24, 2.45) is 0 Å². The average molecular weight is 465 g/mol. The van der Waals surface area contributed by atoms with Crippen molar-refractivity contribution in [2.45, 2.75) is 0 Å². The van der Waals surface area contributed by atoms with E-state index in [-0.39, 0.29) is 0 Å². The van der Waals surface area contributed by atoms with Crippen LogP contribution in [0, 0.1) is 3.20 Å². The predicted molar refractivity (Wildman–Crippen MR) is 84.6 cm³/mol. The molecular formula is C14H12INOTe. The fourth-order valence-corrected chi connectivity index (χ4v) is 10.4. The van der Waals surface area contributed by atoms with E-state index in [1.165, 1.54) is 14.1 Å². The summed E-state index contributed by atoms with van der Waals surface area (Å²) >= 11 is 1.21. The summed E-state index contributed by atoms with van der Waals surface area (Å²) in [4.78, 5) is 0. The molecule has 0 saturated heterocycles. The van der Waals surface area contributed by atoms with Gasteiger partial charge in [-0.3, -0.25) is 0 Å². The Labute approximate surface area is 123 Å². The molecule has 2 aromatic carbocycles. The van der Waals surface area contributed by atoms with Crippen molar-refractivity contribution in [2.75, 3.05) is 10.3 Å². The molecule has 4 heteroatoms. The first-order chi connectivity index (χ1) is 8.79. The number of ether oxygens (including phenoxy) is 1. The van der Waals surface area contributed by atoms with Crippen LogP contribution in [0.2, 0.25) is 0 Å². The van der Waals surface area contributed by atoms with Crippen LogP contribution in [0.15, 0.2) is 48.5 Å². The summed E-state index contributed by atoms with van der Waals surface area (Å²) in [7, 11) is 1.70. The van der Waals surface area contributed by atoms with Crippen molar-refractivity contribution in [1.29, 1.82) is 0 Å². The Balaban J connectivity index is 2.07. The van der Waals surface area contributed by atoms with Crippen LogP contribution in [0.3, 0.4) is 0 Å². The molecule has 0 aliphatic carbocycles. The Morgan fingerprint density at radius 2 is 1.78 bits per heavy atom. The van der Waals surface area contributed by atoms with E-state index in [2.05, 4.69) is 64.4 Å². The Kier molecular flexibility index (Phi) is 3.60. The van der Waals surface area contributed by atoms with Gasteiger partial charge in [-0.15, -0.1) is 0 Å². The zero-order valence-corrected chi connectivity index (χ0v) is 14.3. The third kappa shape index (κ3) is 2.18. The first kappa shape index (κ1) is 12.5. The van der Waals surface area contributed by atoms with Gasteiger partial charge in [0.15, 0.2) is 0 Å². The summed E-state index contributed by atoms with van der Waals surface area (Å²) in [5, 5.41) is 1.37. The summed E-state index contributed by atoms with van der Waals surface area (Å²) in [5.41, 5.74) is 1.26. The summed E-state index contributed by atoms with van der Waals surface area (Å²) in [6.07, 6.45) is 2.28. The molecule has 0 aromatic heterocycles. The van der Waals surface area contributed by atoms with E-state index in [1.54, 1.807) is 7.11 Å². The van der Waals surface area contributed by atoms with Gasteiger partial charge in [-0.2, -0.15) is 0 Å². The zero-order chi connectivity index (χ0) is 12.5. The Morgan fingerprint density at radius 3 is 2.44 bits per heavy atom. The molecule has 0 N–H and O–H groups in total. The zero-order valence-electron chi connectivity index (χ0n) is 9.84. The number of methoxy groups -OCH3 is 1. The summed E-state index contributed by atoms with van der Waals surface area (Å²) in [6.45, 7) is 0. The molecule has 0 fully saturated rings. The van der Waals surface area contributed by atoms with E-state index in [4.69, 9.17) is 4.74 Å². The molecule has 1 heterocycles. The van der Waals surface area contributed by atoms with Crippen molar-refractivity contribution in [1.82, 2.24) is 0 Å². The Hall–Kier alpha value is -0.570. The Morgan fingerprint density at radius 1 is 1.06 bits per heavy atom. The molecule has 0 radical (unpaired) electrons. The average Bonchev–Trinajstić information content (AvgIpc) is 2.77. The topological polar surface area (TPSA) is 12.5 Å². The van der Waals surface area contributed by atoms with Gasteiger partial charge in [0.25, 0.3) is 0 Å². The number of halogens is 1. The van der Waals surface area contributed by atoms with Crippen LogP contribution in [-0.4, -0.2) is 22.5 Å². The minimum absolute atomic E-state index is 0.908. The molecule has 0 atom stereocenters. The van der Waals surface area contributed by atoms with Crippen LogP contribution in [0.5, 0.6) is 5.75 Å². The third-order valence-corrected chi connectivity index (χ3v) is 12.9. The molecule has 0 amide bonds. The van der Waals surface area contributed by atoms with Gasteiger partial charge in [0.1, 0.15) is 0 Å². The molecule has 18 heavy (non-hydrogen) atoms. The third-order valence-electron chi connectivity index (χ3n) is 2.86. The van der Waals surface area contributed by atoms with Crippen LogP contribution in [0.1, 0.15) is 0 Å². The summed E-state index contributed by atoms with van der Waals surface area (Å²) in [6, 6.07) is 17.0. The van der Waals surface area contributed by atoms with Crippen LogP contribution in [0.4, 0.5) is 5.69 Å². The molecule has 3 rings (SSSR count). The second kappa shape index (κ2) is 5.20. The SMILES string of the molecule is COc1ccc(N2C=c3ccccc3=[Te]2I)cc1. The monoisotopic (exact) mass is 467 g/mol. The maximum absolute atomic E-state index is 5.20. The molecular weight excluding hydrogens is 453 g/mol. The van der Waals surface area contributed by atoms with Gasteiger partial charge in [0, 0.05) is 0 Å². The van der Waals surface area contributed by atoms with Gasteiger partial charge in [0.05, 0.1) is 0 Å². The maximum atomic E-state index is 5.20. The molecule has 2 nitrogen and oxygen atoms in total.